The fourth-order valence-corrected chi connectivity index (χ4v) is 1.99. The van der Waals surface area contributed by atoms with E-state index in [1.165, 1.54) is 13.3 Å². The highest BCUT2D eigenvalue weighted by molar-refractivity contribution is 6.31. The first-order valence-corrected chi connectivity index (χ1v) is 6.64. The molecule has 110 valence electrons. The van der Waals surface area contributed by atoms with E-state index in [0.717, 1.165) is 5.56 Å². The molecule has 0 aliphatic rings. The van der Waals surface area contributed by atoms with E-state index in [1.54, 1.807) is 0 Å². The average Bonchev–Trinajstić information content (AvgIpc) is 2.48. The quantitative estimate of drug-likeness (QED) is 0.824. The molecule has 0 atom stereocenters. The van der Waals surface area contributed by atoms with Crippen molar-refractivity contribution in [2.24, 2.45) is 0 Å². The van der Waals surface area contributed by atoms with E-state index in [0.29, 0.717) is 23.9 Å². The number of hydrogen-bond acceptors (Lipinski definition) is 5. The molecule has 2 aromatic rings. The number of carbonyl (C=O) groups excluding carboxylic acids is 1. The molecule has 0 fully saturated rings. The number of anilines is 1. The van der Waals surface area contributed by atoms with Gasteiger partial charge in [-0.3, -0.25) is 9.78 Å². The number of carbonyl (C=O) groups is 1. The third kappa shape index (κ3) is 3.82. The lowest BCUT2D eigenvalue weighted by molar-refractivity contribution is 0.0598. The Kier molecular flexibility index (Phi) is 4.94. The molecular formula is C14H14ClN3O3. The first-order chi connectivity index (χ1) is 10.1. The number of ether oxygens (including phenoxy) is 1. The van der Waals surface area contributed by atoms with Gasteiger partial charge in [0.15, 0.2) is 0 Å². The smallest absolute Gasteiger partial charge is 0.345 e. The molecule has 1 aromatic carbocycles. The van der Waals surface area contributed by atoms with E-state index in [2.05, 4.69) is 20.0 Å². The molecule has 6 nitrogen and oxygen atoms in total. The van der Waals surface area contributed by atoms with Crippen LogP contribution in [0.2, 0.25) is 5.02 Å². The van der Waals surface area contributed by atoms with Gasteiger partial charge in [0, 0.05) is 11.6 Å². The van der Waals surface area contributed by atoms with Gasteiger partial charge >= 0.3 is 5.97 Å². The molecule has 2 rings (SSSR count). The van der Waals surface area contributed by atoms with Crippen molar-refractivity contribution in [3.8, 4) is 0 Å². The lowest BCUT2D eigenvalue weighted by atomic mass is 10.1. The van der Waals surface area contributed by atoms with Crippen LogP contribution in [0.15, 0.2) is 35.3 Å². The number of methoxy groups -OCH3 is 1. The maximum atomic E-state index is 11.7. The third-order valence-electron chi connectivity index (χ3n) is 2.85. The van der Waals surface area contributed by atoms with Gasteiger partial charge in [-0.2, -0.15) is 0 Å². The highest BCUT2D eigenvalue weighted by atomic mass is 35.5. The summed E-state index contributed by atoms with van der Waals surface area (Å²) in [5, 5.41) is 3.66. The molecule has 2 N–H and O–H groups in total. The Morgan fingerprint density at radius 3 is 2.86 bits per heavy atom. The second-order valence-electron chi connectivity index (χ2n) is 4.23. The molecule has 0 aliphatic heterocycles. The number of hydrogen-bond donors (Lipinski definition) is 2. The van der Waals surface area contributed by atoms with Gasteiger partial charge in [0.1, 0.15) is 5.56 Å². The van der Waals surface area contributed by atoms with Crippen LogP contribution < -0.4 is 10.9 Å². The molecule has 7 heteroatoms. The zero-order valence-electron chi connectivity index (χ0n) is 11.4. The number of nitrogens with zero attached hydrogens (tertiary/aromatic N) is 1. The lowest BCUT2D eigenvalue weighted by Gasteiger charge is -2.07. The van der Waals surface area contributed by atoms with Gasteiger partial charge in [0.05, 0.1) is 13.3 Å². The first kappa shape index (κ1) is 15.1. The van der Waals surface area contributed by atoms with Crippen LogP contribution in [0.1, 0.15) is 15.9 Å². The lowest BCUT2D eigenvalue weighted by Crippen LogP contribution is -2.21. The maximum absolute atomic E-state index is 11.7. The molecule has 21 heavy (non-hydrogen) atoms. The monoisotopic (exact) mass is 307 g/mol. The Morgan fingerprint density at radius 1 is 1.43 bits per heavy atom. The molecule has 0 unspecified atom stereocenters. The molecule has 0 saturated carbocycles. The van der Waals surface area contributed by atoms with Crippen LogP contribution in [-0.2, 0) is 11.2 Å². The van der Waals surface area contributed by atoms with Crippen molar-refractivity contribution in [3.63, 3.8) is 0 Å². The number of esters is 1. The minimum atomic E-state index is -0.716. The predicted molar refractivity (Wildman–Crippen MR) is 79.8 cm³/mol. The van der Waals surface area contributed by atoms with Crippen LogP contribution in [0, 0.1) is 0 Å². The van der Waals surface area contributed by atoms with Gasteiger partial charge in [0.25, 0.3) is 5.56 Å². The maximum Gasteiger partial charge on any atom is 0.345 e. The number of H-pyrrole nitrogens is 1. The molecule has 0 aliphatic carbocycles. The molecule has 0 spiro atoms. The van der Waals surface area contributed by atoms with Crippen LogP contribution in [0.25, 0.3) is 0 Å². The molecule has 1 heterocycles. The van der Waals surface area contributed by atoms with Gasteiger partial charge in [-0.05, 0) is 18.1 Å². The fourth-order valence-electron chi connectivity index (χ4n) is 1.76. The van der Waals surface area contributed by atoms with E-state index < -0.39 is 11.5 Å². The molecule has 0 radical (unpaired) electrons. The summed E-state index contributed by atoms with van der Waals surface area (Å²) >= 11 is 6.05. The van der Waals surface area contributed by atoms with Crippen LogP contribution in [0.4, 0.5) is 5.95 Å². The van der Waals surface area contributed by atoms with Gasteiger partial charge in [-0.1, -0.05) is 29.8 Å². The summed E-state index contributed by atoms with van der Waals surface area (Å²) in [5.41, 5.74) is 0.325. The van der Waals surface area contributed by atoms with E-state index in [9.17, 15) is 9.59 Å². The Labute approximate surface area is 126 Å². The zero-order valence-corrected chi connectivity index (χ0v) is 12.1. The van der Waals surface area contributed by atoms with Crippen molar-refractivity contribution in [2.45, 2.75) is 6.42 Å². The fraction of sp³-hybridized carbons (Fsp3) is 0.214. The number of nitrogens with one attached hydrogen (secondary N) is 2. The van der Waals surface area contributed by atoms with Crippen LogP contribution in [-0.4, -0.2) is 29.6 Å². The van der Waals surface area contributed by atoms with E-state index in [-0.39, 0.29) is 5.56 Å². The Balaban J connectivity index is 1.98. The van der Waals surface area contributed by atoms with Gasteiger partial charge in [0.2, 0.25) is 5.95 Å². The average molecular weight is 308 g/mol. The standard InChI is InChI=1S/C14H14ClN3O3/c1-21-13(20)10-8-17-14(18-12(10)19)16-7-6-9-4-2-3-5-11(9)15/h2-5,8H,6-7H2,1H3,(H2,16,17,18,19). The van der Waals surface area contributed by atoms with Gasteiger partial charge in [-0.15, -0.1) is 0 Å². The van der Waals surface area contributed by atoms with Crippen molar-refractivity contribution in [1.29, 1.82) is 0 Å². The number of rotatable bonds is 5. The zero-order chi connectivity index (χ0) is 15.2. The highest BCUT2D eigenvalue weighted by Crippen LogP contribution is 2.15. The van der Waals surface area contributed by atoms with Gasteiger partial charge in [-0.25, -0.2) is 9.78 Å². The number of aromatic amines is 1. The number of halogens is 1. The van der Waals surface area contributed by atoms with Crippen LogP contribution in [0.5, 0.6) is 0 Å². The number of benzene rings is 1. The summed E-state index contributed by atoms with van der Waals surface area (Å²) in [6.45, 7) is 0.546. The van der Waals surface area contributed by atoms with Crippen molar-refractivity contribution >= 4 is 23.5 Å². The summed E-state index contributed by atoms with van der Waals surface area (Å²) in [4.78, 5) is 29.4. The topological polar surface area (TPSA) is 84.1 Å². The molecule has 1 aromatic heterocycles. The minimum Gasteiger partial charge on any atom is -0.465 e. The largest absolute Gasteiger partial charge is 0.465 e. The summed E-state index contributed by atoms with van der Waals surface area (Å²) in [7, 11) is 1.21. The van der Waals surface area contributed by atoms with Crippen LogP contribution >= 0.6 is 11.6 Å². The van der Waals surface area contributed by atoms with Gasteiger partial charge < -0.3 is 10.1 Å². The summed E-state index contributed by atoms with van der Waals surface area (Å²) in [5.74, 6) is -0.425. The van der Waals surface area contributed by atoms with Crippen LogP contribution in [0.3, 0.4) is 0 Å². The molecule has 0 amide bonds. The molecular weight excluding hydrogens is 294 g/mol. The van der Waals surface area contributed by atoms with E-state index in [1.807, 2.05) is 24.3 Å². The first-order valence-electron chi connectivity index (χ1n) is 6.26. The second-order valence-corrected chi connectivity index (χ2v) is 4.64. The Bertz CT molecular complexity index is 700. The normalized spacial score (nSPS) is 10.2. The third-order valence-corrected chi connectivity index (χ3v) is 3.22. The Morgan fingerprint density at radius 2 is 2.19 bits per heavy atom. The molecule has 0 saturated heterocycles. The SMILES string of the molecule is COC(=O)c1cnc(NCCc2ccccc2Cl)[nH]c1=O. The molecule has 0 bridgehead atoms. The summed E-state index contributed by atoms with van der Waals surface area (Å²) < 4.78 is 4.48. The summed E-state index contributed by atoms with van der Waals surface area (Å²) in [6, 6.07) is 7.53. The van der Waals surface area contributed by atoms with E-state index >= 15 is 0 Å². The number of aromatic nitrogens is 2. The Hall–Kier alpha value is -2.34. The summed E-state index contributed by atoms with van der Waals surface area (Å²) in [6.07, 6.45) is 1.87. The van der Waals surface area contributed by atoms with Crippen molar-refractivity contribution in [1.82, 2.24) is 9.97 Å². The minimum absolute atomic E-state index is 0.130. The second kappa shape index (κ2) is 6.90. The van der Waals surface area contributed by atoms with Crippen molar-refractivity contribution in [2.75, 3.05) is 19.0 Å². The van der Waals surface area contributed by atoms with E-state index in [4.69, 9.17) is 11.6 Å². The van der Waals surface area contributed by atoms with Crippen molar-refractivity contribution < 1.29 is 9.53 Å². The highest BCUT2D eigenvalue weighted by Gasteiger charge is 2.11. The van der Waals surface area contributed by atoms with Crippen molar-refractivity contribution in [3.05, 3.63) is 57.0 Å². The predicted octanol–water partition coefficient (Wildman–Crippen LogP) is 1.86.